The SMILES string of the molecule is CC1(C)CC(=O)CC(C)(Cn2cnc3ccc(C#N)cc32)C1. The minimum Gasteiger partial charge on any atom is -0.330 e. The number of ketones is 1. The van der Waals surface area contributed by atoms with Gasteiger partial charge >= 0.3 is 0 Å². The number of nitriles is 1. The number of hydrogen-bond acceptors (Lipinski definition) is 3. The van der Waals surface area contributed by atoms with E-state index in [4.69, 9.17) is 5.26 Å². The van der Waals surface area contributed by atoms with E-state index in [-0.39, 0.29) is 10.8 Å². The summed E-state index contributed by atoms with van der Waals surface area (Å²) in [4.78, 5) is 16.5. The fourth-order valence-electron chi connectivity index (χ4n) is 4.13. The first kappa shape index (κ1) is 14.8. The molecule has 0 N–H and O–H groups in total. The molecule has 1 heterocycles. The second-order valence-electron chi connectivity index (χ2n) is 7.73. The Labute approximate surface area is 130 Å². The first-order valence-corrected chi connectivity index (χ1v) is 7.67. The minimum atomic E-state index is -0.0604. The molecule has 0 radical (unpaired) electrons. The van der Waals surface area contributed by atoms with E-state index >= 15 is 0 Å². The molecule has 1 aliphatic rings. The zero-order valence-electron chi connectivity index (χ0n) is 13.4. The van der Waals surface area contributed by atoms with Gasteiger partial charge in [-0.1, -0.05) is 20.8 Å². The molecule has 0 saturated heterocycles. The predicted octanol–water partition coefficient (Wildman–Crippen LogP) is 3.69. The molecule has 2 aromatic rings. The molecule has 1 unspecified atom stereocenters. The Morgan fingerprint density at radius 1 is 1.32 bits per heavy atom. The first-order valence-electron chi connectivity index (χ1n) is 7.67. The Morgan fingerprint density at radius 2 is 2.09 bits per heavy atom. The van der Waals surface area contributed by atoms with Crippen LogP contribution in [0.2, 0.25) is 0 Å². The number of nitrogens with zero attached hydrogens (tertiary/aromatic N) is 3. The average Bonchev–Trinajstić information content (AvgIpc) is 2.77. The molecule has 1 fully saturated rings. The maximum atomic E-state index is 12.1. The minimum absolute atomic E-state index is 0.0539. The molecular formula is C18H21N3O. The van der Waals surface area contributed by atoms with Crippen molar-refractivity contribution in [3.8, 4) is 6.07 Å². The molecule has 1 aromatic carbocycles. The number of imidazole rings is 1. The summed E-state index contributed by atoms with van der Waals surface area (Å²) < 4.78 is 2.09. The Bertz CT molecular complexity index is 781. The number of Topliss-reactive ketones (excluding diaryl/α,β-unsaturated/α-hetero) is 1. The van der Waals surface area contributed by atoms with Crippen LogP contribution in [-0.2, 0) is 11.3 Å². The van der Waals surface area contributed by atoms with Crippen molar-refractivity contribution in [2.45, 2.75) is 46.6 Å². The van der Waals surface area contributed by atoms with Gasteiger partial charge in [0.25, 0.3) is 0 Å². The van der Waals surface area contributed by atoms with Crippen molar-refractivity contribution in [1.82, 2.24) is 9.55 Å². The Morgan fingerprint density at radius 3 is 2.77 bits per heavy atom. The first-order chi connectivity index (χ1) is 10.3. The van der Waals surface area contributed by atoms with Gasteiger partial charge in [0.1, 0.15) is 5.78 Å². The summed E-state index contributed by atoms with van der Waals surface area (Å²) in [6.45, 7) is 7.28. The monoisotopic (exact) mass is 295 g/mol. The largest absolute Gasteiger partial charge is 0.330 e. The lowest BCUT2D eigenvalue weighted by molar-refractivity contribution is -0.128. The van der Waals surface area contributed by atoms with Gasteiger partial charge in [-0.15, -0.1) is 0 Å². The highest BCUT2D eigenvalue weighted by molar-refractivity contribution is 5.81. The molecule has 4 heteroatoms. The van der Waals surface area contributed by atoms with Crippen LogP contribution in [0, 0.1) is 22.2 Å². The molecule has 3 rings (SSSR count). The number of carbonyl (C=O) groups is 1. The summed E-state index contributed by atoms with van der Waals surface area (Å²) in [6, 6.07) is 7.71. The molecule has 4 nitrogen and oxygen atoms in total. The number of fused-ring (bicyclic) bond motifs is 1. The summed E-state index contributed by atoms with van der Waals surface area (Å²) in [7, 11) is 0. The number of hydrogen-bond donors (Lipinski definition) is 0. The molecule has 1 aromatic heterocycles. The summed E-state index contributed by atoms with van der Waals surface area (Å²) in [5, 5.41) is 9.08. The quantitative estimate of drug-likeness (QED) is 0.849. The van der Waals surface area contributed by atoms with E-state index in [9.17, 15) is 4.79 Å². The molecule has 1 atom stereocenters. The van der Waals surface area contributed by atoms with Crippen LogP contribution in [0.5, 0.6) is 0 Å². The smallest absolute Gasteiger partial charge is 0.134 e. The van der Waals surface area contributed by atoms with Gasteiger partial charge in [0, 0.05) is 19.4 Å². The van der Waals surface area contributed by atoms with E-state index in [1.54, 1.807) is 6.07 Å². The van der Waals surface area contributed by atoms with Gasteiger partial charge in [-0.25, -0.2) is 4.98 Å². The van der Waals surface area contributed by atoms with Crippen molar-refractivity contribution < 1.29 is 4.79 Å². The average molecular weight is 295 g/mol. The van der Waals surface area contributed by atoms with Crippen LogP contribution in [-0.4, -0.2) is 15.3 Å². The van der Waals surface area contributed by atoms with Gasteiger partial charge < -0.3 is 4.57 Å². The fourth-order valence-corrected chi connectivity index (χ4v) is 4.13. The van der Waals surface area contributed by atoms with Crippen molar-refractivity contribution in [2.75, 3.05) is 0 Å². The highest BCUT2D eigenvalue weighted by Gasteiger charge is 2.40. The molecule has 0 bridgehead atoms. The van der Waals surface area contributed by atoms with Crippen molar-refractivity contribution in [2.24, 2.45) is 10.8 Å². The molecule has 1 aliphatic carbocycles. The lowest BCUT2D eigenvalue weighted by Gasteiger charge is -2.42. The highest BCUT2D eigenvalue weighted by atomic mass is 16.1. The zero-order chi connectivity index (χ0) is 16.0. The van der Waals surface area contributed by atoms with Crippen molar-refractivity contribution in [3.63, 3.8) is 0 Å². The van der Waals surface area contributed by atoms with E-state index in [0.717, 1.165) is 24.0 Å². The third kappa shape index (κ3) is 2.76. The van der Waals surface area contributed by atoms with Gasteiger partial charge in [-0.2, -0.15) is 5.26 Å². The van der Waals surface area contributed by atoms with Crippen LogP contribution in [0.4, 0.5) is 0 Å². The molecule has 0 aliphatic heterocycles. The normalized spacial score (nSPS) is 24.4. The number of benzene rings is 1. The lowest BCUT2D eigenvalue weighted by Crippen LogP contribution is -2.38. The Kier molecular flexibility index (Phi) is 3.32. The molecule has 22 heavy (non-hydrogen) atoms. The molecular weight excluding hydrogens is 274 g/mol. The van der Waals surface area contributed by atoms with Crippen molar-refractivity contribution in [1.29, 1.82) is 5.26 Å². The highest BCUT2D eigenvalue weighted by Crippen LogP contribution is 2.45. The van der Waals surface area contributed by atoms with Crippen LogP contribution in [0.15, 0.2) is 24.5 Å². The molecule has 1 saturated carbocycles. The second kappa shape index (κ2) is 4.95. The number of carbonyl (C=O) groups excluding carboxylic acids is 1. The van der Waals surface area contributed by atoms with Crippen molar-refractivity contribution >= 4 is 16.8 Å². The zero-order valence-corrected chi connectivity index (χ0v) is 13.4. The lowest BCUT2D eigenvalue weighted by atomic mass is 9.64. The summed E-state index contributed by atoms with van der Waals surface area (Å²) in [6.07, 6.45) is 4.13. The van der Waals surface area contributed by atoms with Crippen molar-refractivity contribution in [3.05, 3.63) is 30.1 Å². The van der Waals surface area contributed by atoms with Crippen LogP contribution < -0.4 is 0 Å². The summed E-state index contributed by atoms with van der Waals surface area (Å²) in [5.74, 6) is 0.348. The fraction of sp³-hybridized carbons (Fsp3) is 0.500. The van der Waals surface area contributed by atoms with Crippen LogP contribution in [0.25, 0.3) is 11.0 Å². The summed E-state index contributed by atoms with van der Waals surface area (Å²) >= 11 is 0. The predicted molar refractivity (Wildman–Crippen MR) is 85.2 cm³/mol. The van der Waals surface area contributed by atoms with Gasteiger partial charge in [0.05, 0.1) is 29.0 Å². The maximum absolute atomic E-state index is 12.1. The van der Waals surface area contributed by atoms with Gasteiger partial charge in [-0.3, -0.25) is 4.79 Å². The topological polar surface area (TPSA) is 58.7 Å². The van der Waals surface area contributed by atoms with E-state index in [0.29, 0.717) is 24.2 Å². The molecule has 114 valence electrons. The number of aromatic nitrogens is 2. The van der Waals surface area contributed by atoms with E-state index < -0.39 is 0 Å². The van der Waals surface area contributed by atoms with Crippen LogP contribution >= 0.6 is 0 Å². The number of rotatable bonds is 2. The Balaban J connectivity index is 1.95. The van der Waals surface area contributed by atoms with Gasteiger partial charge in [-0.05, 0) is 35.4 Å². The van der Waals surface area contributed by atoms with E-state index in [1.807, 2.05) is 18.5 Å². The standard InChI is InChI=1S/C18H21N3O/c1-17(2)7-14(22)8-18(3,10-17)11-21-12-20-15-5-4-13(9-19)6-16(15)21/h4-6,12H,7-8,10-11H2,1-3H3. The van der Waals surface area contributed by atoms with Gasteiger partial charge in [0.15, 0.2) is 0 Å². The second-order valence-corrected chi connectivity index (χ2v) is 7.73. The van der Waals surface area contributed by atoms with Gasteiger partial charge in [0.2, 0.25) is 0 Å². The third-order valence-corrected chi connectivity index (χ3v) is 4.51. The molecule has 0 amide bonds. The summed E-state index contributed by atoms with van der Waals surface area (Å²) in [5.41, 5.74) is 2.49. The maximum Gasteiger partial charge on any atom is 0.134 e. The van der Waals surface area contributed by atoms with E-state index in [1.165, 1.54) is 0 Å². The molecule has 0 spiro atoms. The Hall–Kier alpha value is -2.15. The van der Waals surface area contributed by atoms with Crippen LogP contribution in [0.1, 0.15) is 45.6 Å². The third-order valence-electron chi connectivity index (χ3n) is 4.51. The van der Waals surface area contributed by atoms with Crippen LogP contribution in [0.3, 0.4) is 0 Å². The van der Waals surface area contributed by atoms with E-state index in [2.05, 4.69) is 36.4 Å².